The van der Waals surface area contributed by atoms with Crippen molar-refractivity contribution in [3.05, 3.63) is 42.1 Å². The second-order valence-electron chi connectivity index (χ2n) is 5.77. The molecule has 0 saturated carbocycles. The van der Waals surface area contributed by atoms with Crippen LogP contribution in [0.15, 0.2) is 46.6 Å². The molecule has 0 aliphatic rings. The molecule has 0 aliphatic heterocycles. The summed E-state index contributed by atoms with van der Waals surface area (Å²) >= 11 is 0. The number of rotatable bonds is 7. The standard InChI is InChI=1S/C20H19N3O6/c1-26-15-8-7-13(12-5-6-14(20(24)25)21-18(12)15)23-22-11-9-16(27-2)19(29-4)17(10-11)28-3/h5-10H,1-4H3,(H,24,25). The van der Waals surface area contributed by atoms with Crippen molar-refractivity contribution < 1.29 is 28.8 Å². The molecule has 0 aliphatic carbocycles. The van der Waals surface area contributed by atoms with Crippen LogP contribution in [0.1, 0.15) is 10.5 Å². The fraction of sp³-hybridized carbons (Fsp3) is 0.200. The van der Waals surface area contributed by atoms with Crippen molar-refractivity contribution in [1.82, 2.24) is 4.98 Å². The Morgan fingerprint density at radius 1 is 0.862 bits per heavy atom. The Morgan fingerprint density at radius 3 is 2.07 bits per heavy atom. The summed E-state index contributed by atoms with van der Waals surface area (Å²) in [4.78, 5) is 15.4. The van der Waals surface area contributed by atoms with E-state index >= 15 is 0 Å². The number of aromatic nitrogens is 1. The van der Waals surface area contributed by atoms with E-state index in [1.54, 1.807) is 30.3 Å². The first-order chi connectivity index (χ1) is 14.0. The summed E-state index contributed by atoms with van der Waals surface area (Å²) < 4.78 is 21.2. The third-order valence-electron chi connectivity index (χ3n) is 4.16. The van der Waals surface area contributed by atoms with Gasteiger partial charge in [-0.1, -0.05) is 0 Å². The lowest BCUT2D eigenvalue weighted by Gasteiger charge is -2.12. The van der Waals surface area contributed by atoms with Crippen LogP contribution in [0.2, 0.25) is 0 Å². The van der Waals surface area contributed by atoms with Gasteiger partial charge in [0, 0.05) is 17.5 Å². The SMILES string of the molecule is COc1cc(N=Nc2ccc(OC)c3nc(C(=O)O)ccc23)cc(OC)c1OC. The monoisotopic (exact) mass is 397 g/mol. The number of carboxylic acids is 1. The van der Waals surface area contributed by atoms with Gasteiger partial charge in [0.25, 0.3) is 0 Å². The van der Waals surface area contributed by atoms with Gasteiger partial charge in [0.05, 0.1) is 39.8 Å². The van der Waals surface area contributed by atoms with E-state index in [4.69, 9.17) is 18.9 Å². The normalized spacial score (nSPS) is 10.9. The zero-order valence-corrected chi connectivity index (χ0v) is 16.3. The second kappa shape index (κ2) is 8.42. The Bertz CT molecular complexity index is 1070. The quantitative estimate of drug-likeness (QED) is 0.589. The van der Waals surface area contributed by atoms with E-state index in [-0.39, 0.29) is 5.69 Å². The summed E-state index contributed by atoms with van der Waals surface area (Å²) in [7, 11) is 6.03. The molecule has 0 amide bonds. The molecule has 0 spiro atoms. The Kier molecular flexibility index (Phi) is 5.77. The van der Waals surface area contributed by atoms with Crippen molar-refractivity contribution >= 4 is 28.2 Å². The maximum absolute atomic E-state index is 11.2. The van der Waals surface area contributed by atoms with Gasteiger partial charge in [-0.3, -0.25) is 0 Å². The Balaban J connectivity index is 2.08. The lowest BCUT2D eigenvalue weighted by Crippen LogP contribution is -2.00. The molecular formula is C20H19N3O6. The van der Waals surface area contributed by atoms with Crippen molar-refractivity contribution in [1.29, 1.82) is 0 Å². The Labute approximate surface area is 166 Å². The summed E-state index contributed by atoms with van der Waals surface area (Å²) in [5.74, 6) is 0.670. The predicted octanol–water partition coefficient (Wildman–Crippen LogP) is 4.38. The molecule has 3 rings (SSSR count). The van der Waals surface area contributed by atoms with E-state index in [1.807, 2.05) is 0 Å². The molecule has 0 bridgehead atoms. The lowest BCUT2D eigenvalue weighted by molar-refractivity contribution is 0.0691. The van der Waals surface area contributed by atoms with E-state index in [9.17, 15) is 9.90 Å². The third kappa shape index (κ3) is 3.88. The number of ether oxygens (including phenoxy) is 4. The number of carboxylic acid groups (broad SMARTS) is 1. The topological polar surface area (TPSA) is 112 Å². The van der Waals surface area contributed by atoms with Gasteiger partial charge in [0.1, 0.15) is 17.0 Å². The van der Waals surface area contributed by atoms with Gasteiger partial charge in [0.2, 0.25) is 5.75 Å². The average Bonchev–Trinajstić information content (AvgIpc) is 2.75. The smallest absolute Gasteiger partial charge is 0.354 e. The van der Waals surface area contributed by atoms with Crippen LogP contribution >= 0.6 is 0 Å². The number of carbonyl (C=O) groups is 1. The average molecular weight is 397 g/mol. The highest BCUT2D eigenvalue weighted by Gasteiger charge is 2.14. The first-order valence-corrected chi connectivity index (χ1v) is 8.45. The van der Waals surface area contributed by atoms with E-state index in [2.05, 4.69) is 15.2 Å². The van der Waals surface area contributed by atoms with Gasteiger partial charge < -0.3 is 24.1 Å². The van der Waals surface area contributed by atoms with Crippen LogP contribution in [-0.2, 0) is 0 Å². The summed E-state index contributed by atoms with van der Waals surface area (Å²) in [6.45, 7) is 0. The van der Waals surface area contributed by atoms with Crippen LogP contribution in [0.3, 0.4) is 0 Å². The van der Waals surface area contributed by atoms with Gasteiger partial charge in [0.15, 0.2) is 11.5 Å². The van der Waals surface area contributed by atoms with Gasteiger partial charge >= 0.3 is 5.97 Å². The number of azo groups is 1. The molecule has 0 unspecified atom stereocenters. The minimum atomic E-state index is -1.13. The number of hydrogen-bond acceptors (Lipinski definition) is 8. The van der Waals surface area contributed by atoms with Crippen molar-refractivity contribution in [2.24, 2.45) is 10.2 Å². The lowest BCUT2D eigenvalue weighted by atomic mass is 10.1. The first kappa shape index (κ1) is 19.9. The zero-order chi connectivity index (χ0) is 21.0. The van der Waals surface area contributed by atoms with E-state index in [0.29, 0.717) is 45.3 Å². The molecule has 29 heavy (non-hydrogen) atoms. The van der Waals surface area contributed by atoms with Crippen LogP contribution in [-0.4, -0.2) is 44.5 Å². The molecule has 0 radical (unpaired) electrons. The number of pyridine rings is 1. The minimum absolute atomic E-state index is 0.0884. The number of aromatic carboxylic acids is 1. The molecule has 0 saturated heterocycles. The molecule has 0 fully saturated rings. The van der Waals surface area contributed by atoms with Crippen LogP contribution < -0.4 is 18.9 Å². The van der Waals surface area contributed by atoms with Gasteiger partial charge in [-0.25, -0.2) is 9.78 Å². The number of hydrogen-bond donors (Lipinski definition) is 1. The number of nitrogens with zero attached hydrogens (tertiary/aromatic N) is 3. The maximum Gasteiger partial charge on any atom is 0.354 e. The van der Waals surface area contributed by atoms with Gasteiger partial charge in [-0.05, 0) is 24.3 Å². The highest BCUT2D eigenvalue weighted by atomic mass is 16.5. The largest absolute Gasteiger partial charge is 0.494 e. The van der Waals surface area contributed by atoms with E-state index in [1.165, 1.54) is 34.5 Å². The predicted molar refractivity (Wildman–Crippen MR) is 106 cm³/mol. The van der Waals surface area contributed by atoms with Crippen LogP contribution in [0.5, 0.6) is 23.0 Å². The van der Waals surface area contributed by atoms with Crippen molar-refractivity contribution in [3.8, 4) is 23.0 Å². The summed E-state index contributed by atoms with van der Waals surface area (Å²) in [6, 6.07) is 9.73. The summed E-state index contributed by atoms with van der Waals surface area (Å²) in [5, 5.41) is 18.3. The van der Waals surface area contributed by atoms with Crippen molar-refractivity contribution in [2.45, 2.75) is 0 Å². The highest BCUT2D eigenvalue weighted by molar-refractivity contribution is 5.97. The number of benzene rings is 2. The molecular weight excluding hydrogens is 378 g/mol. The zero-order valence-electron chi connectivity index (χ0n) is 16.3. The van der Waals surface area contributed by atoms with Crippen molar-refractivity contribution in [2.75, 3.05) is 28.4 Å². The van der Waals surface area contributed by atoms with Crippen molar-refractivity contribution in [3.63, 3.8) is 0 Å². The molecule has 1 N–H and O–H groups in total. The second-order valence-corrected chi connectivity index (χ2v) is 5.77. The van der Waals surface area contributed by atoms with Gasteiger partial charge in [-0.2, -0.15) is 5.11 Å². The number of methoxy groups -OCH3 is 4. The van der Waals surface area contributed by atoms with Crippen LogP contribution in [0, 0.1) is 0 Å². The van der Waals surface area contributed by atoms with E-state index in [0.717, 1.165) is 0 Å². The Morgan fingerprint density at radius 2 is 1.52 bits per heavy atom. The summed E-state index contributed by atoms with van der Waals surface area (Å²) in [6.07, 6.45) is 0. The first-order valence-electron chi connectivity index (χ1n) is 8.45. The molecule has 1 aromatic heterocycles. The minimum Gasteiger partial charge on any atom is -0.494 e. The fourth-order valence-corrected chi connectivity index (χ4v) is 2.78. The molecule has 9 heteroatoms. The van der Waals surface area contributed by atoms with Crippen LogP contribution in [0.4, 0.5) is 11.4 Å². The fourth-order valence-electron chi connectivity index (χ4n) is 2.78. The highest BCUT2D eigenvalue weighted by Crippen LogP contribution is 2.41. The summed E-state index contributed by atoms with van der Waals surface area (Å²) in [5.41, 5.74) is 1.28. The molecule has 150 valence electrons. The molecule has 3 aromatic rings. The third-order valence-corrected chi connectivity index (χ3v) is 4.16. The van der Waals surface area contributed by atoms with Gasteiger partial charge in [-0.15, -0.1) is 5.11 Å². The maximum atomic E-state index is 11.2. The molecule has 9 nitrogen and oxygen atoms in total. The molecule has 1 heterocycles. The van der Waals surface area contributed by atoms with E-state index < -0.39 is 5.97 Å². The molecule has 0 atom stereocenters. The van der Waals surface area contributed by atoms with Crippen LogP contribution in [0.25, 0.3) is 10.9 Å². The molecule has 2 aromatic carbocycles. The Hall–Kier alpha value is -3.88. The number of fused-ring (bicyclic) bond motifs is 1.